The molecule has 1 fully saturated rings. The average Bonchev–Trinajstić information content (AvgIpc) is 2.27. The molecular weight excluding hydrogens is 258 g/mol. The molecule has 0 saturated heterocycles. The van der Waals surface area contributed by atoms with Crippen molar-refractivity contribution in [1.29, 1.82) is 0 Å². The van der Waals surface area contributed by atoms with Crippen molar-refractivity contribution in [3.05, 3.63) is 0 Å². The molecule has 1 aliphatic rings. The van der Waals surface area contributed by atoms with Gasteiger partial charge in [0.15, 0.2) is 0 Å². The van der Waals surface area contributed by atoms with Gasteiger partial charge < -0.3 is 5.11 Å². The number of aliphatic carboxylic acids is 1. The topological polar surface area (TPSA) is 49.3 Å². The summed E-state index contributed by atoms with van der Waals surface area (Å²) in [5.41, 5.74) is -0.708. The van der Waals surface area contributed by atoms with Crippen LogP contribution in [0.15, 0.2) is 0 Å². The smallest absolute Gasteiger partial charge is 0.323 e. The van der Waals surface area contributed by atoms with Gasteiger partial charge >= 0.3 is 5.97 Å². The first-order chi connectivity index (χ1) is 8.77. The summed E-state index contributed by atoms with van der Waals surface area (Å²) in [6, 6.07) is 0.211. The molecule has 1 aliphatic carbocycles. The number of hydrogen-bond donors (Lipinski definition) is 2. The minimum atomic E-state index is -0.708. The van der Waals surface area contributed by atoms with E-state index in [4.69, 9.17) is 0 Å². The van der Waals surface area contributed by atoms with E-state index in [1.807, 2.05) is 25.6 Å². The SMILES string of the molecule is CC(C)NC1(C(=O)O)CCCC(SC(C)C(C)C)C1. The second kappa shape index (κ2) is 6.98. The van der Waals surface area contributed by atoms with Crippen LogP contribution in [0, 0.1) is 5.92 Å². The van der Waals surface area contributed by atoms with Crippen molar-refractivity contribution < 1.29 is 9.90 Å². The minimum absolute atomic E-state index is 0.211. The van der Waals surface area contributed by atoms with Gasteiger partial charge in [0.05, 0.1) is 0 Å². The quantitative estimate of drug-likeness (QED) is 0.784. The monoisotopic (exact) mass is 287 g/mol. The Kier molecular flexibility index (Phi) is 6.18. The molecule has 0 heterocycles. The van der Waals surface area contributed by atoms with Gasteiger partial charge in [-0.25, -0.2) is 0 Å². The molecule has 0 aromatic rings. The Hall–Kier alpha value is -0.220. The number of carboxylic acid groups (broad SMARTS) is 1. The van der Waals surface area contributed by atoms with Crippen LogP contribution in [0.4, 0.5) is 0 Å². The zero-order chi connectivity index (χ0) is 14.6. The molecule has 3 unspecified atom stereocenters. The van der Waals surface area contributed by atoms with E-state index in [-0.39, 0.29) is 6.04 Å². The average molecular weight is 287 g/mol. The second-order valence-corrected chi connectivity index (χ2v) is 8.17. The van der Waals surface area contributed by atoms with Crippen molar-refractivity contribution in [2.45, 2.75) is 82.4 Å². The van der Waals surface area contributed by atoms with Gasteiger partial charge in [-0.15, -0.1) is 0 Å². The molecule has 4 heteroatoms. The van der Waals surface area contributed by atoms with E-state index in [0.717, 1.165) is 25.7 Å². The van der Waals surface area contributed by atoms with Crippen molar-refractivity contribution in [3.63, 3.8) is 0 Å². The van der Waals surface area contributed by atoms with Gasteiger partial charge in [-0.2, -0.15) is 11.8 Å². The van der Waals surface area contributed by atoms with Gasteiger partial charge in [-0.1, -0.05) is 20.8 Å². The molecule has 0 bridgehead atoms. The van der Waals surface area contributed by atoms with Crippen LogP contribution in [0.25, 0.3) is 0 Å². The van der Waals surface area contributed by atoms with Gasteiger partial charge in [-0.3, -0.25) is 10.1 Å². The van der Waals surface area contributed by atoms with Crippen molar-refractivity contribution >= 4 is 17.7 Å². The number of carbonyl (C=O) groups is 1. The van der Waals surface area contributed by atoms with E-state index in [9.17, 15) is 9.90 Å². The third-order valence-corrected chi connectivity index (χ3v) is 5.79. The third kappa shape index (κ3) is 4.67. The highest BCUT2D eigenvalue weighted by molar-refractivity contribution is 8.00. The maximum Gasteiger partial charge on any atom is 0.323 e. The molecule has 2 N–H and O–H groups in total. The fourth-order valence-corrected chi connectivity index (χ4v) is 4.35. The molecular formula is C15H29NO2S. The molecule has 0 spiro atoms. The van der Waals surface area contributed by atoms with Gasteiger partial charge in [0.25, 0.3) is 0 Å². The van der Waals surface area contributed by atoms with Gasteiger partial charge in [0.2, 0.25) is 0 Å². The summed E-state index contributed by atoms with van der Waals surface area (Å²) in [5.74, 6) is -0.0343. The molecule has 0 aromatic carbocycles. The van der Waals surface area contributed by atoms with Crippen molar-refractivity contribution in [2.24, 2.45) is 5.92 Å². The molecule has 0 aliphatic heterocycles. The van der Waals surface area contributed by atoms with E-state index < -0.39 is 11.5 Å². The van der Waals surface area contributed by atoms with E-state index in [0.29, 0.717) is 16.4 Å². The van der Waals surface area contributed by atoms with Crippen LogP contribution in [-0.2, 0) is 4.79 Å². The zero-order valence-corrected chi connectivity index (χ0v) is 13.7. The van der Waals surface area contributed by atoms with Crippen LogP contribution in [-0.4, -0.2) is 33.2 Å². The maximum absolute atomic E-state index is 11.7. The summed E-state index contributed by atoms with van der Waals surface area (Å²) < 4.78 is 0. The predicted octanol–water partition coefficient (Wildman–Crippen LogP) is 3.53. The number of nitrogens with one attached hydrogen (secondary N) is 1. The summed E-state index contributed by atoms with van der Waals surface area (Å²) in [6.45, 7) is 10.8. The van der Waals surface area contributed by atoms with Crippen molar-refractivity contribution in [1.82, 2.24) is 5.32 Å². The van der Waals surface area contributed by atoms with Crippen molar-refractivity contribution in [3.8, 4) is 0 Å². The summed E-state index contributed by atoms with van der Waals surface area (Å²) in [5, 5.41) is 14.0. The molecule has 19 heavy (non-hydrogen) atoms. The standard InChI is InChI=1S/C15H29NO2S/c1-10(2)12(5)19-13-7-6-8-15(9-13,14(17)18)16-11(3)4/h10-13,16H,6-9H2,1-5H3,(H,17,18). The van der Waals surface area contributed by atoms with Crippen LogP contribution >= 0.6 is 11.8 Å². The Morgan fingerprint density at radius 1 is 1.32 bits per heavy atom. The summed E-state index contributed by atoms with van der Waals surface area (Å²) >= 11 is 1.97. The van der Waals surface area contributed by atoms with Gasteiger partial charge in [-0.05, 0) is 45.4 Å². The van der Waals surface area contributed by atoms with Crippen LogP contribution in [0.5, 0.6) is 0 Å². The van der Waals surface area contributed by atoms with Gasteiger partial charge in [0, 0.05) is 16.5 Å². The van der Waals surface area contributed by atoms with Gasteiger partial charge in [0.1, 0.15) is 5.54 Å². The number of carboxylic acids is 1. The Bertz CT molecular complexity index is 307. The molecule has 0 amide bonds. The van der Waals surface area contributed by atoms with Crippen LogP contribution in [0.2, 0.25) is 0 Å². The molecule has 1 saturated carbocycles. The second-order valence-electron chi connectivity index (χ2n) is 6.49. The van der Waals surface area contributed by atoms with E-state index in [1.54, 1.807) is 0 Å². The molecule has 112 valence electrons. The normalized spacial score (nSPS) is 29.7. The fraction of sp³-hybridized carbons (Fsp3) is 0.933. The number of rotatable bonds is 6. The third-order valence-electron chi connectivity index (χ3n) is 4.03. The Labute approximate surface area is 121 Å². The minimum Gasteiger partial charge on any atom is -0.480 e. The molecule has 3 nitrogen and oxygen atoms in total. The lowest BCUT2D eigenvalue weighted by molar-refractivity contribution is -0.146. The summed E-state index contributed by atoms with van der Waals surface area (Å²) in [7, 11) is 0. The van der Waals surface area contributed by atoms with E-state index in [1.165, 1.54) is 0 Å². The molecule has 1 rings (SSSR count). The highest BCUT2D eigenvalue weighted by Gasteiger charge is 2.43. The van der Waals surface area contributed by atoms with Crippen molar-refractivity contribution in [2.75, 3.05) is 0 Å². The first kappa shape index (κ1) is 16.8. The van der Waals surface area contributed by atoms with Crippen LogP contribution in [0.3, 0.4) is 0 Å². The maximum atomic E-state index is 11.7. The first-order valence-corrected chi connectivity index (χ1v) is 8.37. The lowest BCUT2D eigenvalue weighted by Gasteiger charge is -2.40. The van der Waals surface area contributed by atoms with E-state index >= 15 is 0 Å². The Balaban J connectivity index is 2.71. The van der Waals surface area contributed by atoms with Crippen LogP contribution in [0.1, 0.15) is 60.3 Å². The van der Waals surface area contributed by atoms with E-state index in [2.05, 4.69) is 26.1 Å². The number of thioether (sulfide) groups is 1. The highest BCUT2D eigenvalue weighted by Crippen LogP contribution is 2.38. The summed E-state index contributed by atoms with van der Waals surface area (Å²) in [4.78, 5) is 11.7. The fourth-order valence-electron chi connectivity index (χ4n) is 2.74. The number of hydrogen-bond acceptors (Lipinski definition) is 3. The lowest BCUT2D eigenvalue weighted by Crippen LogP contribution is -2.57. The Morgan fingerprint density at radius 3 is 2.42 bits per heavy atom. The Morgan fingerprint density at radius 2 is 1.95 bits per heavy atom. The molecule has 0 aromatic heterocycles. The first-order valence-electron chi connectivity index (χ1n) is 7.43. The molecule has 0 radical (unpaired) electrons. The zero-order valence-electron chi connectivity index (χ0n) is 12.9. The predicted molar refractivity (Wildman–Crippen MR) is 82.8 cm³/mol. The highest BCUT2D eigenvalue weighted by atomic mass is 32.2. The largest absolute Gasteiger partial charge is 0.480 e. The molecule has 3 atom stereocenters. The van der Waals surface area contributed by atoms with Crippen LogP contribution < -0.4 is 5.32 Å². The lowest BCUT2D eigenvalue weighted by atomic mass is 9.81. The summed E-state index contributed by atoms with van der Waals surface area (Å²) in [6.07, 6.45) is 3.67.